The van der Waals surface area contributed by atoms with Gasteiger partial charge in [0.25, 0.3) is 0 Å². The van der Waals surface area contributed by atoms with Crippen LogP contribution < -0.4 is 0 Å². The van der Waals surface area contributed by atoms with Crippen molar-refractivity contribution in [1.82, 2.24) is 4.98 Å². The van der Waals surface area contributed by atoms with Gasteiger partial charge in [0.15, 0.2) is 0 Å². The Hall–Kier alpha value is -1.38. The normalized spacial score (nSPS) is 9.93. The van der Waals surface area contributed by atoms with E-state index in [1.165, 1.54) is 0 Å². The average molecular weight is 193 g/mol. The number of ether oxygens (including phenoxy) is 1. The predicted octanol–water partition coefficient (Wildman–Crippen LogP) is 1.80. The Balaban J connectivity index is 2.68. The Bertz CT molecular complexity index is 334. The molecule has 0 unspecified atom stereocenters. The molecule has 0 saturated heterocycles. The topological polar surface area (TPSA) is 39.2 Å². The predicted molar refractivity (Wildman–Crippen MR) is 54.0 cm³/mol. The maximum Gasteiger partial charge on any atom is 0.311 e. The quantitative estimate of drug-likeness (QED) is 0.687. The summed E-state index contributed by atoms with van der Waals surface area (Å²) in [6, 6.07) is 3.83. The van der Waals surface area contributed by atoms with Crippen LogP contribution in [0.4, 0.5) is 0 Å². The molecule has 1 aromatic heterocycles. The lowest BCUT2D eigenvalue weighted by atomic mass is 10.2. The van der Waals surface area contributed by atoms with E-state index in [0.717, 1.165) is 17.0 Å². The molecule has 0 aliphatic rings. The maximum absolute atomic E-state index is 11.1. The van der Waals surface area contributed by atoms with Crippen LogP contribution in [0, 0.1) is 13.8 Å². The summed E-state index contributed by atoms with van der Waals surface area (Å²) in [5.41, 5.74) is 2.87. The molecule has 3 nitrogen and oxygen atoms in total. The van der Waals surface area contributed by atoms with Gasteiger partial charge in [-0.05, 0) is 32.4 Å². The Morgan fingerprint density at radius 2 is 2.14 bits per heavy atom. The molecular formula is C11H15NO2. The van der Waals surface area contributed by atoms with Crippen LogP contribution in [-0.4, -0.2) is 17.6 Å². The standard InChI is InChI=1S/C11H15NO2/c1-4-14-11(13)7-10-6-5-8(2)9(3)12-10/h5-6H,4,7H2,1-3H3. The van der Waals surface area contributed by atoms with Crippen molar-refractivity contribution in [3.63, 3.8) is 0 Å². The molecular weight excluding hydrogens is 178 g/mol. The van der Waals surface area contributed by atoms with E-state index in [-0.39, 0.29) is 12.4 Å². The highest BCUT2D eigenvalue weighted by Crippen LogP contribution is 2.05. The monoisotopic (exact) mass is 193 g/mol. The Morgan fingerprint density at radius 3 is 2.71 bits per heavy atom. The summed E-state index contributed by atoms with van der Waals surface area (Å²) < 4.78 is 4.84. The molecule has 0 fully saturated rings. The van der Waals surface area contributed by atoms with Crippen molar-refractivity contribution >= 4 is 5.97 Å². The fraction of sp³-hybridized carbons (Fsp3) is 0.455. The van der Waals surface area contributed by atoms with E-state index in [4.69, 9.17) is 4.74 Å². The van der Waals surface area contributed by atoms with E-state index in [1.807, 2.05) is 26.0 Å². The fourth-order valence-electron chi connectivity index (χ4n) is 1.14. The number of rotatable bonds is 3. The Labute approximate surface area is 84.1 Å². The number of carbonyl (C=O) groups excluding carboxylic acids is 1. The zero-order valence-corrected chi connectivity index (χ0v) is 8.83. The number of aryl methyl sites for hydroxylation is 2. The SMILES string of the molecule is CCOC(=O)Cc1ccc(C)c(C)n1. The number of hydrogen-bond acceptors (Lipinski definition) is 3. The summed E-state index contributed by atoms with van der Waals surface area (Å²) in [5, 5.41) is 0. The van der Waals surface area contributed by atoms with Crippen LogP contribution in [-0.2, 0) is 16.0 Å². The van der Waals surface area contributed by atoms with E-state index >= 15 is 0 Å². The minimum Gasteiger partial charge on any atom is -0.466 e. The molecule has 1 heterocycles. The highest BCUT2D eigenvalue weighted by atomic mass is 16.5. The van der Waals surface area contributed by atoms with Gasteiger partial charge in [0.2, 0.25) is 0 Å². The minimum atomic E-state index is -0.219. The van der Waals surface area contributed by atoms with Crippen molar-refractivity contribution in [3.05, 3.63) is 29.1 Å². The lowest BCUT2D eigenvalue weighted by Crippen LogP contribution is -2.09. The molecule has 0 aliphatic carbocycles. The summed E-state index contributed by atoms with van der Waals surface area (Å²) in [6.45, 7) is 6.15. The van der Waals surface area contributed by atoms with Gasteiger partial charge in [0.1, 0.15) is 0 Å². The lowest BCUT2D eigenvalue weighted by Gasteiger charge is -2.03. The molecule has 0 spiro atoms. The summed E-state index contributed by atoms with van der Waals surface area (Å²) in [6.07, 6.45) is 0.259. The summed E-state index contributed by atoms with van der Waals surface area (Å²) in [7, 11) is 0. The van der Waals surface area contributed by atoms with Gasteiger partial charge in [0, 0.05) is 5.69 Å². The number of esters is 1. The van der Waals surface area contributed by atoms with Crippen LogP contribution in [0.5, 0.6) is 0 Å². The number of nitrogens with zero attached hydrogens (tertiary/aromatic N) is 1. The Kier molecular flexibility index (Phi) is 3.63. The molecule has 0 saturated carbocycles. The van der Waals surface area contributed by atoms with Crippen LogP contribution in [0.15, 0.2) is 12.1 Å². The highest BCUT2D eigenvalue weighted by Gasteiger charge is 2.05. The molecule has 1 rings (SSSR count). The van der Waals surface area contributed by atoms with Crippen LogP contribution >= 0.6 is 0 Å². The number of pyridine rings is 1. The third-order valence-corrected chi connectivity index (χ3v) is 2.04. The fourth-order valence-corrected chi connectivity index (χ4v) is 1.14. The number of aromatic nitrogens is 1. The van der Waals surface area contributed by atoms with Crippen LogP contribution in [0.1, 0.15) is 23.9 Å². The van der Waals surface area contributed by atoms with Gasteiger partial charge in [0.05, 0.1) is 18.7 Å². The molecule has 0 bridgehead atoms. The van der Waals surface area contributed by atoms with Crippen molar-refractivity contribution in [2.75, 3.05) is 6.61 Å². The molecule has 0 aliphatic heterocycles. The molecule has 14 heavy (non-hydrogen) atoms. The van der Waals surface area contributed by atoms with Gasteiger partial charge >= 0.3 is 5.97 Å². The van der Waals surface area contributed by atoms with Gasteiger partial charge in [-0.2, -0.15) is 0 Å². The van der Waals surface area contributed by atoms with Gasteiger partial charge < -0.3 is 4.74 Å². The molecule has 0 aromatic carbocycles. The molecule has 0 amide bonds. The first kappa shape index (κ1) is 10.7. The van der Waals surface area contributed by atoms with E-state index in [9.17, 15) is 4.79 Å². The van der Waals surface area contributed by atoms with Crippen molar-refractivity contribution < 1.29 is 9.53 Å². The zero-order valence-electron chi connectivity index (χ0n) is 8.83. The molecule has 1 aromatic rings. The molecule has 0 N–H and O–H groups in total. The third-order valence-electron chi connectivity index (χ3n) is 2.04. The van der Waals surface area contributed by atoms with E-state index in [2.05, 4.69) is 4.98 Å². The highest BCUT2D eigenvalue weighted by molar-refractivity contribution is 5.71. The molecule has 3 heteroatoms. The maximum atomic E-state index is 11.1. The average Bonchev–Trinajstić information content (AvgIpc) is 2.12. The van der Waals surface area contributed by atoms with Crippen molar-refractivity contribution in [3.8, 4) is 0 Å². The zero-order chi connectivity index (χ0) is 10.6. The first-order chi connectivity index (χ1) is 6.63. The molecule has 76 valence electrons. The Morgan fingerprint density at radius 1 is 1.43 bits per heavy atom. The van der Waals surface area contributed by atoms with Crippen LogP contribution in [0.2, 0.25) is 0 Å². The van der Waals surface area contributed by atoms with Crippen molar-refractivity contribution in [2.45, 2.75) is 27.2 Å². The third kappa shape index (κ3) is 2.83. The molecule has 0 atom stereocenters. The number of hydrogen-bond donors (Lipinski definition) is 0. The molecule has 0 radical (unpaired) electrons. The summed E-state index contributed by atoms with van der Waals surface area (Å²) in [5.74, 6) is -0.219. The lowest BCUT2D eigenvalue weighted by molar-refractivity contribution is -0.142. The van der Waals surface area contributed by atoms with E-state index in [0.29, 0.717) is 6.61 Å². The minimum absolute atomic E-state index is 0.219. The van der Waals surface area contributed by atoms with Gasteiger partial charge in [-0.15, -0.1) is 0 Å². The smallest absolute Gasteiger partial charge is 0.311 e. The van der Waals surface area contributed by atoms with Crippen LogP contribution in [0.3, 0.4) is 0 Å². The van der Waals surface area contributed by atoms with Gasteiger partial charge in [-0.25, -0.2) is 0 Å². The first-order valence-corrected chi connectivity index (χ1v) is 4.72. The van der Waals surface area contributed by atoms with E-state index in [1.54, 1.807) is 6.92 Å². The van der Waals surface area contributed by atoms with Gasteiger partial charge in [-0.1, -0.05) is 6.07 Å². The second-order valence-corrected chi connectivity index (χ2v) is 3.19. The van der Waals surface area contributed by atoms with Crippen molar-refractivity contribution in [1.29, 1.82) is 0 Å². The second-order valence-electron chi connectivity index (χ2n) is 3.19. The largest absolute Gasteiger partial charge is 0.466 e. The first-order valence-electron chi connectivity index (χ1n) is 4.72. The van der Waals surface area contributed by atoms with Gasteiger partial charge in [-0.3, -0.25) is 9.78 Å². The van der Waals surface area contributed by atoms with Crippen molar-refractivity contribution in [2.24, 2.45) is 0 Å². The second kappa shape index (κ2) is 4.74. The number of carbonyl (C=O) groups is 1. The summed E-state index contributed by atoms with van der Waals surface area (Å²) >= 11 is 0. The van der Waals surface area contributed by atoms with Crippen LogP contribution in [0.25, 0.3) is 0 Å². The summed E-state index contributed by atoms with van der Waals surface area (Å²) in [4.78, 5) is 15.4. The van der Waals surface area contributed by atoms with E-state index < -0.39 is 0 Å².